The van der Waals surface area contributed by atoms with Gasteiger partial charge in [0.25, 0.3) is 5.91 Å². The van der Waals surface area contributed by atoms with Crippen molar-refractivity contribution in [2.45, 2.75) is 13.5 Å². The highest BCUT2D eigenvalue weighted by Crippen LogP contribution is 2.35. The van der Waals surface area contributed by atoms with Crippen LogP contribution in [-0.2, 0) is 6.54 Å². The van der Waals surface area contributed by atoms with Crippen LogP contribution in [0.5, 0.6) is 11.5 Å². The molecular weight excluding hydrogens is 396 g/mol. The lowest BCUT2D eigenvalue weighted by molar-refractivity contribution is 0.0743. The third kappa shape index (κ3) is 2.94. The second kappa shape index (κ2) is 7.03. The van der Waals surface area contributed by atoms with Gasteiger partial charge in [0.2, 0.25) is 0 Å². The number of carbonyl (C=O) groups is 1. The summed E-state index contributed by atoms with van der Waals surface area (Å²) in [5.41, 5.74) is 2.45. The number of aromatic amines is 1. The van der Waals surface area contributed by atoms with Crippen molar-refractivity contribution in [3.63, 3.8) is 0 Å². The SMILES string of the molecule is CCN(Cc1cccc2c1OCCO2)C(=O)c1[nH]c2ccccc2c1Br. The van der Waals surface area contributed by atoms with Crippen molar-refractivity contribution < 1.29 is 14.3 Å². The van der Waals surface area contributed by atoms with Crippen molar-refractivity contribution in [3.05, 3.63) is 58.2 Å². The Morgan fingerprint density at radius 2 is 1.96 bits per heavy atom. The number of hydrogen-bond acceptors (Lipinski definition) is 3. The molecule has 0 bridgehead atoms. The van der Waals surface area contributed by atoms with Gasteiger partial charge in [0.05, 0.1) is 4.47 Å². The molecule has 2 aromatic carbocycles. The van der Waals surface area contributed by atoms with Gasteiger partial charge in [-0.1, -0.05) is 30.3 Å². The molecule has 5 nitrogen and oxygen atoms in total. The standard InChI is InChI=1S/C20H19BrN2O3/c1-2-23(12-13-6-5-9-16-19(13)26-11-10-25-16)20(24)18-17(21)14-7-3-4-8-15(14)22-18/h3-9,22H,2,10-12H2,1H3. The molecule has 6 heteroatoms. The van der Waals surface area contributed by atoms with Crippen LogP contribution in [-0.4, -0.2) is 35.5 Å². The van der Waals surface area contributed by atoms with Crippen LogP contribution in [0.4, 0.5) is 0 Å². The highest BCUT2D eigenvalue weighted by Gasteiger charge is 2.23. The highest BCUT2D eigenvalue weighted by molar-refractivity contribution is 9.10. The molecule has 0 unspecified atom stereocenters. The van der Waals surface area contributed by atoms with Gasteiger partial charge in [0.1, 0.15) is 18.9 Å². The van der Waals surface area contributed by atoms with Crippen molar-refractivity contribution in [1.82, 2.24) is 9.88 Å². The first-order chi connectivity index (χ1) is 12.7. The highest BCUT2D eigenvalue weighted by atomic mass is 79.9. The zero-order valence-electron chi connectivity index (χ0n) is 14.4. The van der Waals surface area contributed by atoms with E-state index in [4.69, 9.17) is 9.47 Å². The maximum atomic E-state index is 13.1. The number of fused-ring (bicyclic) bond motifs is 2. The van der Waals surface area contributed by atoms with E-state index in [1.54, 1.807) is 4.90 Å². The zero-order valence-corrected chi connectivity index (χ0v) is 16.0. The minimum absolute atomic E-state index is 0.0510. The van der Waals surface area contributed by atoms with Crippen LogP contribution in [0, 0.1) is 0 Å². The van der Waals surface area contributed by atoms with E-state index in [2.05, 4.69) is 20.9 Å². The molecular formula is C20H19BrN2O3. The van der Waals surface area contributed by atoms with Gasteiger partial charge in [-0.15, -0.1) is 0 Å². The van der Waals surface area contributed by atoms with E-state index >= 15 is 0 Å². The average Bonchev–Trinajstić information content (AvgIpc) is 3.02. The van der Waals surface area contributed by atoms with Crippen LogP contribution < -0.4 is 9.47 Å². The number of hydrogen-bond donors (Lipinski definition) is 1. The number of carbonyl (C=O) groups excluding carboxylic acids is 1. The van der Waals surface area contributed by atoms with Crippen LogP contribution in [0.15, 0.2) is 46.9 Å². The summed E-state index contributed by atoms with van der Waals surface area (Å²) in [5.74, 6) is 1.43. The average molecular weight is 415 g/mol. The first-order valence-electron chi connectivity index (χ1n) is 8.62. The number of amides is 1. The number of rotatable bonds is 4. The smallest absolute Gasteiger partial charge is 0.271 e. The monoisotopic (exact) mass is 414 g/mol. The summed E-state index contributed by atoms with van der Waals surface area (Å²) >= 11 is 3.57. The van der Waals surface area contributed by atoms with Gasteiger partial charge >= 0.3 is 0 Å². The molecule has 1 aliphatic heterocycles. The second-order valence-electron chi connectivity index (χ2n) is 6.12. The molecule has 0 atom stereocenters. The van der Waals surface area contributed by atoms with Crippen molar-refractivity contribution in [3.8, 4) is 11.5 Å². The fraction of sp³-hybridized carbons (Fsp3) is 0.250. The molecule has 0 spiro atoms. The molecule has 0 saturated heterocycles. The Bertz CT molecular complexity index is 967. The summed E-state index contributed by atoms with van der Waals surface area (Å²) < 4.78 is 12.2. The zero-order chi connectivity index (χ0) is 18.1. The number of nitrogens with zero attached hydrogens (tertiary/aromatic N) is 1. The molecule has 2 heterocycles. The Morgan fingerprint density at radius 3 is 2.77 bits per heavy atom. The van der Waals surface area contributed by atoms with Crippen LogP contribution in [0.2, 0.25) is 0 Å². The Morgan fingerprint density at radius 1 is 1.15 bits per heavy atom. The van der Waals surface area contributed by atoms with Gasteiger partial charge < -0.3 is 19.4 Å². The number of aromatic nitrogens is 1. The molecule has 4 rings (SSSR count). The minimum Gasteiger partial charge on any atom is -0.486 e. The van der Waals surface area contributed by atoms with Crippen molar-refractivity contribution in [2.24, 2.45) is 0 Å². The molecule has 0 aliphatic carbocycles. The van der Waals surface area contributed by atoms with Crippen molar-refractivity contribution in [1.29, 1.82) is 0 Å². The lowest BCUT2D eigenvalue weighted by Gasteiger charge is -2.25. The maximum absolute atomic E-state index is 13.1. The summed E-state index contributed by atoms with van der Waals surface area (Å²) in [6, 6.07) is 13.7. The number of halogens is 1. The molecule has 1 aromatic heterocycles. The van der Waals surface area contributed by atoms with Gasteiger partial charge in [-0.2, -0.15) is 0 Å². The quantitative estimate of drug-likeness (QED) is 0.689. The number of ether oxygens (including phenoxy) is 2. The second-order valence-corrected chi connectivity index (χ2v) is 6.91. The van der Waals surface area contributed by atoms with Gasteiger partial charge in [0, 0.05) is 29.6 Å². The van der Waals surface area contributed by atoms with E-state index in [1.807, 2.05) is 49.4 Å². The molecule has 1 N–H and O–H groups in total. The molecule has 3 aromatic rings. The van der Waals surface area contributed by atoms with Crippen LogP contribution >= 0.6 is 15.9 Å². The van der Waals surface area contributed by atoms with Crippen LogP contribution in [0.1, 0.15) is 23.0 Å². The Labute approximate surface area is 160 Å². The van der Waals surface area contributed by atoms with E-state index in [-0.39, 0.29) is 5.91 Å². The molecule has 1 amide bonds. The summed E-state index contributed by atoms with van der Waals surface area (Å²) in [6.07, 6.45) is 0. The largest absolute Gasteiger partial charge is 0.486 e. The molecule has 0 fully saturated rings. The predicted octanol–water partition coefficient (Wildman–Crippen LogP) is 4.36. The van der Waals surface area contributed by atoms with E-state index < -0.39 is 0 Å². The first-order valence-corrected chi connectivity index (χ1v) is 9.41. The van der Waals surface area contributed by atoms with Crippen molar-refractivity contribution in [2.75, 3.05) is 19.8 Å². The third-order valence-corrected chi connectivity index (χ3v) is 5.36. The lowest BCUT2D eigenvalue weighted by Crippen LogP contribution is -2.31. The van der Waals surface area contributed by atoms with E-state index in [0.29, 0.717) is 32.0 Å². The number of H-pyrrole nitrogens is 1. The topological polar surface area (TPSA) is 54.6 Å². The molecule has 0 radical (unpaired) electrons. The molecule has 134 valence electrons. The summed E-state index contributed by atoms with van der Waals surface area (Å²) in [4.78, 5) is 18.2. The normalized spacial score (nSPS) is 13.0. The fourth-order valence-corrected chi connectivity index (χ4v) is 3.82. The Kier molecular flexibility index (Phi) is 4.59. The Balaban J connectivity index is 1.65. The number of benzene rings is 2. The first kappa shape index (κ1) is 17.0. The maximum Gasteiger partial charge on any atom is 0.271 e. The Hall–Kier alpha value is -2.47. The van der Waals surface area contributed by atoms with E-state index in [9.17, 15) is 4.79 Å². The van der Waals surface area contributed by atoms with E-state index in [1.165, 1.54) is 0 Å². The predicted molar refractivity (Wildman–Crippen MR) is 104 cm³/mol. The minimum atomic E-state index is -0.0510. The molecule has 0 saturated carbocycles. The molecule has 26 heavy (non-hydrogen) atoms. The van der Waals surface area contributed by atoms with Crippen LogP contribution in [0.25, 0.3) is 10.9 Å². The van der Waals surface area contributed by atoms with Crippen LogP contribution in [0.3, 0.4) is 0 Å². The third-order valence-electron chi connectivity index (χ3n) is 4.53. The van der Waals surface area contributed by atoms with Gasteiger partial charge in [0.15, 0.2) is 11.5 Å². The van der Waals surface area contributed by atoms with Gasteiger partial charge in [-0.25, -0.2) is 0 Å². The molecule has 1 aliphatic rings. The van der Waals surface area contributed by atoms with E-state index in [0.717, 1.165) is 32.4 Å². The summed E-state index contributed by atoms with van der Waals surface area (Å²) in [5, 5.41) is 1.00. The summed E-state index contributed by atoms with van der Waals surface area (Å²) in [6.45, 7) is 4.10. The fourth-order valence-electron chi connectivity index (χ4n) is 3.20. The van der Waals surface area contributed by atoms with Gasteiger partial charge in [-0.3, -0.25) is 4.79 Å². The lowest BCUT2D eigenvalue weighted by atomic mass is 10.1. The summed E-state index contributed by atoms with van der Waals surface area (Å²) in [7, 11) is 0. The van der Waals surface area contributed by atoms with Gasteiger partial charge in [-0.05, 0) is 35.0 Å². The van der Waals surface area contributed by atoms with Crippen molar-refractivity contribution >= 4 is 32.7 Å². The number of nitrogens with one attached hydrogen (secondary N) is 1. The number of para-hydroxylation sites is 2.